The first kappa shape index (κ1) is 40.3. The van der Waals surface area contributed by atoms with E-state index in [4.69, 9.17) is 5.11 Å². The molecule has 0 amide bonds. The van der Waals surface area contributed by atoms with Crippen LogP contribution in [0.2, 0.25) is 0 Å². The summed E-state index contributed by atoms with van der Waals surface area (Å²) in [5.41, 5.74) is 1.45. The molecule has 1 aliphatic rings. The van der Waals surface area contributed by atoms with Crippen LogP contribution < -0.4 is 0 Å². The molecule has 0 spiro atoms. The molecule has 1 aromatic rings. The second kappa shape index (κ2) is 28.8. The Bertz CT molecular complexity index is 796. The minimum atomic E-state index is -0.664. The highest BCUT2D eigenvalue weighted by Crippen LogP contribution is 2.37. The van der Waals surface area contributed by atoms with Crippen LogP contribution in [-0.2, 0) is 4.79 Å². The standard InChI is InChI=1S/C22H39N2.C18H34O2/c1-3-4-5-6-7-8-9-10-11-12-18-24(2)19-14-16-22(24)21-15-13-17-23-20-21;1-2-3-4-5-6-7-8-9-10-11-12-13-14-15-16-17-18(19)20/h13,15,17,20,22H,3-12,14,16,18-19H2,1-2H3;9-10H,2-8,11-17H2,1H3,(H,19,20)/q+1;/b;10-9+. The summed E-state index contributed by atoms with van der Waals surface area (Å²) >= 11 is 0. The number of carbonyl (C=O) groups is 1. The number of carboxylic acids is 1. The van der Waals surface area contributed by atoms with Gasteiger partial charge in [0, 0.05) is 37.2 Å². The van der Waals surface area contributed by atoms with Gasteiger partial charge in [0.05, 0.1) is 20.1 Å². The number of quaternary nitrogens is 1. The number of hydrogen-bond donors (Lipinski definition) is 1. The maximum atomic E-state index is 10.3. The Labute approximate surface area is 274 Å². The van der Waals surface area contributed by atoms with E-state index >= 15 is 0 Å². The van der Waals surface area contributed by atoms with Gasteiger partial charge in [-0.25, -0.2) is 0 Å². The van der Waals surface area contributed by atoms with Crippen molar-refractivity contribution in [3.05, 3.63) is 42.2 Å². The fourth-order valence-corrected chi connectivity index (χ4v) is 6.79. The lowest BCUT2D eigenvalue weighted by Crippen LogP contribution is -2.43. The van der Waals surface area contributed by atoms with E-state index in [-0.39, 0.29) is 0 Å². The number of aliphatic carboxylic acids is 1. The van der Waals surface area contributed by atoms with E-state index in [9.17, 15) is 4.79 Å². The quantitative estimate of drug-likeness (QED) is 0.0610. The maximum absolute atomic E-state index is 10.3. The normalized spacial score (nSPS) is 18.0. The Morgan fingerprint density at radius 1 is 0.773 bits per heavy atom. The van der Waals surface area contributed by atoms with Crippen molar-refractivity contribution in [1.29, 1.82) is 0 Å². The van der Waals surface area contributed by atoms with Crippen molar-refractivity contribution in [3.8, 4) is 0 Å². The van der Waals surface area contributed by atoms with Gasteiger partial charge < -0.3 is 9.59 Å². The van der Waals surface area contributed by atoms with Gasteiger partial charge in [-0.2, -0.15) is 0 Å². The van der Waals surface area contributed by atoms with Gasteiger partial charge in [0.25, 0.3) is 0 Å². The lowest BCUT2D eigenvalue weighted by atomic mass is 10.0. The average molecular weight is 614 g/mol. The molecule has 2 rings (SSSR count). The monoisotopic (exact) mass is 614 g/mol. The molecule has 0 radical (unpaired) electrons. The summed E-state index contributed by atoms with van der Waals surface area (Å²) < 4.78 is 1.24. The van der Waals surface area contributed by atoms with Gasteiger partial charge in [0.1, 0.15) is 6.04 Å². The smallest absolute Gasteiger partial charge is 0.303 e. The largest absolute Gasteiger partial charge is 0.481 e. The molecule has 44 heavy (non-hydrogen) atoms. The average Bonchev–Trinajstić information content (AvgIpc) is 3.42. The minimum Gasteiger partial charge on any atom is -0.481 e. The number of hydrogen-bond acceptors (Lipinski definition) is 2. The van der Waals surface area contributed by atoms with Crippen LogP contribution in [0.25, 0.3) is 0 Å². The van der Waals surface area contributed by atoms with E-state index in [1.165, 1.54) is 171 Å². The SMILES string of the molecule is CCCCCCCC/C=C/CCCCCCCC(=O)O.CCCCCCCCCCCC[N+]1(C)CCCC1c1cccnc1. The molecule has 2 unspecified atom stereocenters. The lowest BCUT2D eigenvalue weighted by molar-refractivity contribution is -0.927. The molecule has 0 aliphatic carbocycles. The van der Waals surface area contributed by atoms with E-state index in [0.717, 1.165) is 12.8 Å². The molecule has 2 heterocycles. The second-order valence-electron chi connectivity index (χ2n) is 13.8. The van der Waals surface area contributed by atoms with E-state index in [2.05, 4.69) is 56.4 Å². The number of carboxylic acid groups (broad SMARTS) is 1. The van der Waals surface area contributed by atoms with Crippen molar-refractivity contribution in [2.45, 2.75) is 187 Å². The zero-order valence-corrected chi connectivity index (χ0v) is 29.6. The Morgan fingerprint density at radius 2 is 1.27 bits per heavy atom. The number of nitrogens with zero attached hydrogens (tertiary/aromatic N) is 2. The Kier molecular flexibility index (Phi) is 26.4. The summed E-state index contributed by atoms with van der Waals surface area (Å²) in [5, 5.41) is 8.51. The second-order valence-corrected chi connectivity index (χ2v) is 13.8. The van der Waals surface area contributed by atoms with E-state index in [1.54, 1.807) is 0 Å². The number of unbranched alkanes of at least 4 members (excludes halogenated alkanes) is 20. The van der Waals surface area contributed by atoms with Crippen LogP contribution in [0.4, 0.5) is 0 Å². The first-order chi connectivity index (χ1) is 21.5. The molecule has 0 saturated carbocycles. The summed E-state index contributed by atoms with van der Waals surface area (Å²) in [4.78, 5) is 14.7. The molecule has 0 aromatic carbocycles. The Morgan fingerprint density at radius 3 is 1.77 bits per heavy atom. The molecule has 254 valence electrons. The van der Waals surface area contributed by atoms with Crippen LogP contribution in [0.1, 0.15) is 192 Å². The summed E-state index contributed by atoms with van der Waals surface area (Å²) in [7, 11) is 2.47. The maximum Gasteiger partial charge on any atom is 0.303 e. The molecule has 1 aliphatic heterocycles. The number of pyridine rings is 1. The highest BCUT2D eigenvalue weighted by atomic mass is 16.4. The first-order valence-corrected chi connectivity index (χ1v) is 19.1. The molecule has 4 heteroatoms. The molecular formula is C40H73N2O2+. The third kappa shape index (κ3) is 21.9. The molecule has 1 saturated heterocycles. The number of aromatic nitrogens is 1. The zero-order chi connectivity index (χ0) is 32.0. The van der Waals surface area contributed by atoms with Crippen LogP contribution in [0.5, 0.6) is 0 Å². The molecule has 0 bridgehead atoms. The van der Waals surface area contributed by atoms with Crippen LogP contribution in [-0.4, -0.2) is 40.7 Å². The van der Waals surface area contributed by atoms with Gasteiger partial charge in [-0.3, -0.25) is 9.78 Å². The molecule has 1 N–H and O–H groups in total. The lowest BCUT2D eigenvalue weighted by Gasteiger charge is -2.36. The van der Waals surface area contributed by atoms with Gasteiger partial charge in [0.15, 0.2) is 0 Å². The minimum absolute atomic E-state index is 0.332. The molecule has 2 atom stereocenters. The van der Waals surface area contributed by atoms with E-state index < -0.39 is 5.97 Å². The molecule has 1 aromatic heterocycles. The highest BCUT2D eigenvalue weighted by Gasteiger charge is 2.38. The summed E-state index contributed by atoms with van der Waals surface area (Å²) in [6, 6.07) is 5.05. The van der Waals surface area contributed by atoms with Gasteiger partial charge >= 0.3 is 5.97 Å². The van der Waals surface area contributed by atoms with Crippen LogP contribution in [0, 0.1) is 0 Å². The highest BCUT2D eigenvalue weighted by molar-refractivity contribution is 5.66. The van der Waals surface area contributed by atoms with Crippen molar-refractivity contribution in [1.82, 2.24) is 4.98 Å². The van der Waals surface area contributed by atoms with E-state index in [1.807, 2.05) is 6.20 Å². The summed E-state index contributed by atoms with van der Waals surface area (Å²) in [6.45, 7) is 7.24. The third-order valence-electron chi connectivity index (χ3n) is 9.64. The number of allylic oxidation sites excluding steroid dienone is 2. The Balaban J connectivity index is 0.000000449. The first-order valence-electron chi connectivity index (χ1n) is 19.1. The number of likely N-dealkylation sites (tertiary alicyclic amines) is 1. The fraction of sp³-hybridized carbons (Fsp3) is 0.800. The third-order valence-corrected chi connectivity index (χ3v) is 9.64. The topological polar surface area (TPSA) is 50.2 Å². The summed E-state index contributed by atoms with van der Waals surface area (Å²) in [5.74, 6) is -0.664. The predicted molar refractivity (Wildman–Crippen MR) is 191 cm³/mol. The summed E-state index contributed by atoms with van der Waals surface area (Å²) in [6.07, 6.45) is 42.2. The Hall–Kier alpha value is -1.68. The van der Waals surface area contributed by atoms with Gasteiger partial charge in [-0.05, 0) is 51.0 Å². The van der Waals surface area contributed by atoms with Crippen molar-refractivity contribution < 1.29 is 14.4 Å². The number of rotatable bonds is 27. The zero-order valence-electron chi connectivity index (χ0n) is 29.6. The van der Waals surface area contributed by atoms with Crippen molar-refractivity contribution in [3.63, 3.8) is 0 Å². The van der Waals surface area contributed by atoms with Crippen LogP contribution >= 0.6 is 0 Å². The van der Waals surface area contributed by atoms with E-state index in [0.29, 0.717) is 12.5 Å². The van der Waals surface area contributed by atoms with Gasteiger partial charge in [0.2, 0.25) is 0 Å². The van der Waals surface area contributed by atoms with Gasteiger partial charge in [-0.1, -0.05) is 135 Å². The van der Waals surface area contributed by atoms with Crippen molar-refractivity contribution >= 4 is 5.97 Å². The van der Waals surface area contributed by atoms with Gasteiger partial charge in [-0.15, -0.1) is 0 Å². The van der Waals surface area contributed by atoms with Crippen LogP contribution in [0.3, 0.4) is 0 Å². The predicted octanol–water partition coefficient (Wildman–Crippen LogP) is 12.4. The van der Waals surface area contributed by atoms with Crippen LogP contribution in [0.15, 0.2) is 36.7 Å². The molecule has 1 fully saturated rings. The molecule has 4 nitrogen and oxygen atoms in total. The molecular weight excluding hydrogens is 540 g/mol. The fourth-order valence-electron chi connectivity index (χ4n) is 6.79. The van der Waals surface area contributed by atoms with Crippen molar-refractivity contribution in [2.24, 2.45) is 0 Å². The van der Waals surface area contributed by atoms with Crippen molar-refractivity contribution in [2.75, 3.05) is 20.1 Å².